The Morgan fingerprint density at radius 1 is 1.24 bits per heavy atom. The van der Waals surface area contributed by atoms with Crippen molar-refractivity contribution in [3.8, 4) is 5.75 Å². The number of methoxy groups -OCH3 is 1. The molecule has 0 aromatic heterocycles. The summed E-state index contributed by atoms with van der Waals surface area (Å²) < 4.78 is 33.1. The summed E-state index contributed by atoms with van der Waals surface area (Å²) in [5.74, 6) is -0.806. The molecule has 0 fully saturated rings. The Bertz CT molecular complexity index is 657. The van der Waals surface area contributed by atoms with Gasteiger partial charge in [-0.2, -0.15) is 0 Å². The molecule has 5 heteroatoms. The summed E-state index contributed by atoms with van der Waals surface area (Å²) in [5, 5.41) is 10.6. The summed E-state index contributed by atoms with van der Waals surface area (Å²) in [6.07, 6.45) is -0.183. The van der Waals surface area contributed by atoms with Crippen molar-refractivity contribution in [1.29, 1.82) is 0 Å². The fourth-order valence-electron chi connectivity index (χ4n) is 2.14. The van der Waals surface area contributed by atoms with Crippen molar-refractivity contribution < 1.29 is 18.6 Å². The summed E-state index contributed by atoms with van der Waals surface area (Å²) in [5.41, 5.74) is -1.05. The molecule has 0 heterocycles. The summed E-state index contributed by atoms with van der Waals surface area (Å²) in [6, 6.07) is 9.26. The molecule has 0 spiro atoms. The molecule has 0 bridgehead atoms. The van der Waals surface area contributed by atoms with Gasteiger partial charge in [-0.15, -0.1) is 0 Å². The zero-order valence-corrected chi connectivity index (χ0v) is 13.2. The number of ether oxygens (including phenoxy) is 1. The second-order valence-electron chi connectivity index (χ2n) is 5.00. The lowest BCUT2D eigenvalue weighted by Crippen LogP contribution is -2.25. The molecule has 21 heavy (non-hydrogen) atoms. The van der Waals surface area contributed by atoms with Crippen LogP contribution < -0.4 is 4.74 Å². The molecular weight excluding hydrogens is 342 g/mol. The van der Waals surface area contributed by atoms with Crippen LogP contribution in [0.15, 0.2) is 40.9 Å². The Morgan fingerprint density at radius 2 is 1.95 bits per heavy atom. The van der Waals surface area contributed by atoms with Crippen molar-refractivity contribution in [2.45, 2.75) is 18.9 Å². The molecule has 1 unspecified atom stereocenters. The smallest absolute Gasteiger partial charge is 0.143 e. The van der Waals surface area contributed by atoms with E-state index in [4.69, 9.17) is 4.74 Å². The predicted molar refractivity (Wildman–Crippen MR) is 80.3 cm³/mol. The van der Waals surface area contributed by atoms with Gasteiger partial charge in [0.2, 0.25) is 0 Å². The standard InChI is InChI=1S/C16H15BrF2O2/c1-16(20,10-4-3-5-11(8-10)21-2)9-12-14(18)7-6-13(17)15(12)19/h3-8,20H,9H2,1-2H3. The van der Waals surface area contributed by atoms with Crippen molar-refractivity contribution in [3.63, 3.8) is 0 Å². The highest BCUT2D eigenvalue weighted by atomic mass is 79.9. The topological polar surface area (TPSA) is 29.5 Å². The van der Waals surface area contributed by atoms with Gasteiger partial charge in [-0.25, -0.2) is 8.78 Å². The quantitative estimate of drug-likeness (QED) is 0.832. The van der Waals surface area contributed by atoms with Crippen molar-refractivity contribution in [2.75, 3.05) is 7.11 Å². The van der Waals surface area contributed by atoms with Gasteiger partial charge in [0.25, 0.3) is 0 Å². The highest BCUT2D eigenvalue weighted by Crippen LogP contribution is 2.31. The number of hydrogen-bond donors (Lipinski definition) is 1. The maximum Gasteiger partial charge on any atom is 0.143 e. The van der Waals surface area contributed by atoms with Gasteiger partial charge in [0.1, 0.15) is 17.4 Å². The molecule has 0 saturated heterocycles. The minimum absolute atomic E-state index is 0.155. The van der Waals surface area contributed by atoms with Gasteiger partial charge in [-0.1, -0.05) is 12.1 Å². The molecule has 2 aromatic rings. The average molecular weight is 357 g/mol. The molecule has 2 aromatic carbocycles. The normalized spacial score (nSPS) is 13.8. The third kappa shape index (κ3) is 3.41. The lowest BCUT2D eigenvalue weighted by molar-refractivity contribution is 0.0554. The largest absolute Gasteiger partial charge is 0.497 e. The first-order valence-electron chi connectivity index (χ1n) is 6.34. The van der Waals surface area contributed by atoms with Crippen LogP contribution in [-0.4, -0.2) is 12.2 Å². The highest BCUT2D eigenvalue weighted by molar-refractivity contribution is 9.10. The summed E-state index contributed by atoms with van der Waals surface area (Å²) >= 11 is 3.02. The highest BCUT2D eigenvalue weighted by Gasteiger charge is 2.28. The van der Waals surface area contributed by atoms with Crippen LogP contribution in [0.4, 0.5) is 8.78 Å². The molecule has 0 radical (unpaired) electrons. The predicted octanol–water partition coefficient (Wildman–Crippen LogP) is 4.19. The maximum atomic E-state index is 14.0. The molecule has 1 N–H and O–H groups in total. The van der Waals surface area contributed by atoms with E-state index in [1.165, 1.54) is 26.2 Å². The second kappa shape index (κ2) is 6.12. The molecule has 112 valence electrons. The number of halogens is 3. The molecular formula is C16H15BrF2O2. The lowest BCUT2D eigenvalue weighted by Gasteiger charge is -2.25. The molecule has 0 saturated carbocycles. The summed E-state index contributed by atoms with van der Waals surface area (Å²) in [4.78, 5) is 0. The van der Waals surface area contributed by atoms with E-state index in [1.807, 2.05) is 0 Å². The molecule has 0 amide bonds. The molecule has 2 nitrogen and oxygen atoms in total. The first kappa shape index (κ1) is 15.9. The molecule has 0 aliphatic rings. The van der Waals surface area contributed by atoms with Gasteiger partial charge in [-0.05, 0) is 52.7 Å². The maximum absolute atomic E-state index is 14.0. The van der Waals surface area contributed by atoms with E-state index in [0.717, 1.165) is 0 Å². The van der Waals surface area contributed by atoms with Gasteiger partial charge in [0, 0.05) is 12.0 Å². The van der Waals surface area contributed by atoms with Crippen LogP contribution in [0.5, 0.6) is 5.75 Å². The first-order valence-corrected chi connectivity index (χ1v) is 7.14. The molecule has 2 rings (SSSR count). The van der Waals surface area contributed by atoms with Crippen LogP contribution in [0, 0.1) is 11.6 Å². The van der Waals surface area contributed by atoms with Crippen LogP contribution in [0.2, 0.25) is 0 Å². The summed E-state index contributed by atoms with van der Waals surface area (Å²) in [6.45, 7) is 1.52. The van der Waals surface area contributed by atoms with Gasteiger partial charge in [-0.3, -0.25) is 0 Å². The van der Waals surface area contributed by atoms with Crippen molar-refractivity contribution >= 4 is 15.9 Å². The van der Waals surface area contributed by atoms with Gasteiger partial charge < -0.3 is 9.84 Å². The molecule has 1 atom stereocenters. The van der Waals surface area contributed by atoms with E-state index in [-0.39, 0.29) is 16.5 Å². The van der Waals surface area contributed by atoms with Crippen molar-refractivity contribution in [2.24, 2.45) is 0 Å². The van der Waals surface area contributed by atoms with Crippen molar-refractivity contribution in [1.82, 2.24) is 0 Å². The SMILES string of the molecule is COc1cccc(C(C)(O)Cc2c(F)ccc(Br)c2F)c1. The Labute approximate surface area is 130 Å². The van der Waals surface area contributed by atoms with Gasteiger partial charge in [0.15, 0.2) is 0 Å². The van der Waals surface area contributed by atoms with E-state index >= 15 is 0 Å². The zero-order valence-electron chi connectivity index (χ0n) is 11.7. The minimum atomic E-state index is -1.42. The van der Waals surface area contributed by atoms with E-state index in [0.29, 0.717) is 11.3 Å². The van der Waals surface area contributed by atoms with E-state index in [1.54, 1.807) is 24.3 Å². The monoisotopic (exact) mass is 356 g/mol. The number of benzene rings is 2. The third-order valence-corrected chi connectivity index (χ3v) is 3.96. The van der Waals surface area contributed by atoms with Crippen LogP contribution in [0.25, 0.3) is 0 Å². The fraction of sp³-hybridized carbons (Fsp3) is 0.250. The van der Waals surface area contributed by atoms with E-state index in [2.05, 4.69) is 15.9 Å². The van der Waals surface area contributed by atoms with Crippen LogP contribution >= 0.6 is 15.9 Å². The summed E-state index contributed by atoms with van der Waals surface area (Å²) in [7, 11) is 1.52. The van der Waals surface area contributed by atoms with Gasteiger partial charge in [0.05, 0.1) is 17.2 Å². The third-order valence-electron chi connectivity index (χ3n) is 3.35. The van der Waals surface area contributed by atoms with Crippen LogP contribution in [0.3, 0.4) is 0 Å². The molecule has 0 aliphatic carbocycles. The first-order chi connectivity index (χ1) is 9.85. The molecule has 0 aliphatic heterocycles. The van der Waals surface area contributed by atoms with E-state index in [9.17, 15) is 13.9 Å². The van der Waals surface area contributed by atoms with Crippen molar-refractivity contribution in [3.05, 3.63) is 63.6 Å². The average Bonchev–Trinajstić information content (AvgIpc) is 2.48. The zero-order chi connectivity index (χ0) is 15.6. The lowest BCUT2D eigenvalue weighted by atomic mass is 9.88. The number of hydrogen-bond acceptors (Lipinski definition) is 2. The van der Waals surface area contributed by atoms with Crippen LogP contribution in [-0.2, 0) is 12.0 Å². The Kier molecular flexibility index (Phi) is 4.64. The fourth-order valence-corrected chi connectivity index (χ4v) is 2.51. The minimum Gasteiger partial charge on any atom is -0.497 e. The Balaban J connectivity index is 2.39. The number of rotatable bonds is 4. The van der Waals surface area contributed by atoms with E-state index < -0.39 is 17.2 Å². The van der Waals surface area contributed by atoms with Gasteiger partial charge >= 0.3 is 0 Å². The Hall–Kier alpha value is -1.46. The second-order valence-corrected chi connectivity index (χ2v) is 5.86. The number of aliphatic hydroxyl groups is 1. The van der Waals surface area contributed by atoms with Crippen LogP contribution in [0.1, 0.15) is 18.1 Å². The Morgan fingerprint density at radius 3 is 2.62 bits per heavy atom.